The lowest BCUT2D eigenvalue weighted by molar-refractivity contribution is 0.176. The van der Waals surface area contributed by atoms with E-state index >= 15 is 0 Å². The normalized spacial score (nSPS) is 19.7. The first kappa shape index (κ1) is 24.8. The van der Waals surface area contributed by atoms with E-state index in [1.807, 2.05) is 41.6 Å². The first-order valence-corrected chi connectivity index (χ1v) is 12.6. The Morgan fingerprint density at radius 2 is 2.09 bits per heavy atom. The van der Waals surface area contributed by atoms with Crippen molar-refractivity contribution >= 4 is 11.7 Å². The van der Waals surface area contributed by atoms with Gasteiger partial charge in [0.25, 0.3) is 5.88 Å². The summed E-state index contributed by atoms with van der Waals surface area (Å²) < 4.78 is 13.6. The van der Waals surface area contributed by atoms with Crippen LogP contribution in [0, 0.1) is 0 Å². The van der Waals surface area contributed by atoms with Gasteiger partial charge < -0.3 is 24.1 Å². The van der Waals surface area contributed by atoms with Crippen LogP contribution in [0.4, 0.5) is 4.79 Å². The maximum Gasteiger partial charge on any atom is 0.318 e. The van der Waals surface area contributed by atoms with E-state index in [0.717, 1.165) is 49.8 Å². The summed E-state index contributed by atoms with van der Waals surface area (Å²) in [5, 5.41) is 3.28. The monoisotopic (exact) mass is 480 g/mol. The van der Waals surface area contributed by atoms with Crippen molar-refractivity contribution in [1.82, 2.24) is 29.6 Å². The number of methoxy groups -OCH3 is 1. The van der Waals surface area contributed by atoms with Crippen LogP contribution in [0.15, 0.2) is 30.9 Å². The first-order chi connectivity index (χ1) is 17.0. The van der Waals surface area contributed by atoms with E-state index in [1.54, 1.807) is 19.5 Å². The number of nitrogens with one attached hydrogen (secondary N) is 1. The smallest absolute Gasteiger partial charge is 0.318 e. The molecular formula is C26H36N6O3. The summed E-state index contributed by atoms with van der Waals surface area (Å²) in [6, 6.07) is 1.84. The van der Waals surface area contributed by atoms with E-state index in [2.05, 4.69) is 22.2 Å². The summed E-state index contributed by atoms with van der Waals surface area (Å²) in [5.74, 6) is 1.11. The molecule has 9 heteroatoms. The Labute approximate surface area is 206 Å². The van der Waals surface area contributed by atoms with Crippen LogP contribution in [0.25, 0.3) is 16.9 Å². The molecule has 0 saturated carbocycles. The van der Waals surface area contributed by atoms with Crippen molar-refractivity contribution in [1.29, 1.82) is 0 Å². The Kier molecular flexibility index (Phi) is 8.05. The van der Waals surface area contributed by atoms with Gasteiger partial charge in [-0.2, -0.15) is 0 Å². The second-order valence-corrected chi connectivity index (χ2v) is 8.99. The summed E-state index contributed by atoms with van der Waals surface area (Å²) in [6.07, 6.45) is 13.1. The predicted octanol–water partition coefficient (Wildman–Crippen LogP) is 5.01. The Morgan fingerprint density at radius 1 is 1.23 bits per heavy atom. The number of pyridine rings is 1. The highest BCUT2D eigenvalue weighted by molar-refractivity contribution is 5.75. The molecule has 3 aromatic heterocycles. The van der Waals surface area contributed by atoms with Gasteiger partial charge in [0, 0.05) is 36.7 Å². The molecule has 9 nitrogen and oxygen atoms in total. The number of carbonyl (C=O) groups is 1. The number of aromatic nitrogens is 4. The van der Waals surface area contributed by atoms with Crippen molar-refractivity contribution in [2.24, 2.45) is 0 Å². The van der Waals surface area contributed by atoms with Gasteiger partial charge in [-0.25, -0.2) is 14.8 Å². The van der Waals surface area contributed by atoms with Crippen LogP contribution >= 0.6 is 0 Å². The highest BCUT2D eigenvalue weighted by atomic mass is 16.5. The molecule has 2 atom stereocenters. The van der Waals surface area contributed by atoms with Gasteiger partial charge in [0.15, 0.2) is 0 Å². The number of ether oxygens (including phenoxy) is 2. The highest BCUT2D eigenvalue weighted by Gasteiger charge is 2.25. The number of rotatable bonds is 4. The van der Waals surface area contributed by atoms with E-state index in [0.29, 0.717) is 36.1 Å². The molecule has 188 valence electrons. The number of carbonyl (C=O) groups excluding carboxylic acids is 1. The number of fused-ring (bicyclic) bond motifs is 7. The molecule has 0 spiro atoms. The molecule has 1 aliphatic rings. The molecule has 0 radical (unpaired) electrons. The second kappa shape index (κ2) is 11.4. The van der Waals surface area contributed by atoms with Gasteiger partial charge in [-0.3, -0.25) is 4.98 Å². The van der Waals surface area contributed by atoms with Crippen molar-refractivity contribution < 1.29 is 14.3 Å². The van der Waals surface area contributed by atoms with Crippen LogP contribution in [0.1, 0.15) is 71.0 Å². The lowest BCUT2D eigenvalue weighted by Gasteiger charge is -2.30. The standard InChI is InChI=1S/C26H36N6O3/c1-5-10-19-11-8-7-9-14-35-25-24-27-12-13-31(24)17-22(30-25)20-15-21(28-16-23(20)34-4)18(3)32(6-2)26(33)29-19/h12-13,15-19H,5-11,14H2,1-4H3,(H,29,33)/t18-,19?/m1/s1. The number of amides is 2. The number of urea groups is 1. The van der Waals surface area contributed by atoms with Gasteiger partial charge in [0.2, 0.25) is 5.65 Å². The van der Waals surface area contributed by atoms with E-state index in [1.165, 1.54) is 0 Å². The molecule has 0 fully saturated rings. The molecule has 1 unspecified atom stereocenters. The Morgan fingerprint density at radius 3 is 2.86 bits per heavy atom. The van der Waals surface area contributed by atoms with Crippen molar-refractivity contribution in [2.75, 3.05) is 20.3 Å². The van der Waals surface area contributed by atoms with Gasteiger partial charge in [0.05, 0.1) is 37.3 Å². The van der Waals surface area contributed by atoms with E-state index < -0.39 is 0 Å². The fourth-order valence-electron chi connectivity index (χ4n) is 4.67. The Bertz CT molecular complexity index is 1150. The number of hydrogen-bond donors (Lipinski definition) is 1. The first-order valence-electron chi connectivity index (χ1n) is 12.6. The third-order valence-electron chi connectivity index (χ3n) is 6.63. The average Bonchev–Trinajstić information content (AvgIpc) is 3.34. The molecule has 1 N–H and O–H groups in total. The summed E-state index contributed by atoms with van der Waals surface area (Å²) in [6.45, 7) is 7.29. The summed E-state index contributed by atoms with van der Waals surface area (Å²) in [4.78, 5) is 29.0. The minimum atomic E-state index is -0.227. The maximum atomic E-state index is 13.3. The zero-order valence-corrected chi connectivity index (χ0v) is 21.2. The fraction of sp³-hybridized carbons (Fsp3) is 0.538. The minimum absolute atomic E-state index is 0.0504. The fourth-order valence-corrected chi connectivity index (χ4v) is 4.67. The molecule has 4 bridgehead atoms. The lowest BCUT2D eigenvalue weighted by Crippen LogP contribution is -2.46. The van der Waals surface area contributed by atoms with Gasteiger partial charge in [0.1, 0.15) is 5.75 Å². The van der Waals surface area contributed by atoms with Crippen LogP contribution in [0.3, 0.4) is 0 Å². The summed E-state index contributed by atoms with van der Waals surface area (Å²) in [7, 11) is 1.62. The second-order valence-electron chi connectivity index (χ2n) is 8.99. The van der Waals surface area contributed by atoms with Crippen molar-refractivity contribution in [3.05, 3.63) is 36.5 Å². The number of hydrogen-bond acceptors (Lipinski definition) is 6. The van der Waals surface area contributed by atoms with Gasteiger partial charge >= 0.3 is 6.03 Å². The van der Waals surface area contributed by atoms with Crippen molar-refractivity contribution in [2.45, 2.75) is 71.4 Å². The highest BCUT2D eigenvalue weighted by Crippen LogP contribution is 2.33. The third-order valence-corrected chi connectivity index (χ3v) is 6.63. The molecule has 4 heterocycles. The third kappa shape index (κ3) is 5.49. The van der Waals surface area contributed by atoms with Crippen LogP contribution in [0.2, 0.25) is 0 Å². The minimum Gasteiger partial charge on any atom is -0.494 e. The quantitative estimate of drug-likeness (QED) is 0.564. The van der Waals surface area contributed by atoms with Gasteiger partial charge in [-0.1, -0.05) is 19.8 Å². The van der Waals surface area contributed by atoms with Crippen molar-refractivity contribution in [3.63, 3.8) is 0 Å². The molecule has 35 heavy (non-hydrogen) atoms. The topological polar surface area (TPSA) is 93.9 Å². The number of imidazole rings is 1. The average molecular weight is 481 g/mol. The Hall–Kier alpha value is -3.36. The zero-order chi connectivity index (χ0) is 24.8. The molecule has 0 saturated heterocycles. The summed E-state index contributed by atoms with van der Waals surface area (Å²) in [5.41, 5.74) is 2.93. The summed E-state index contributed by atoms with van der Waals surface area (Å²) >= 11 is 0. The number of nitrogens with zero attached hydrogens (tertiary/aromatic N) is 5. The largest absolute Gasteiger partial charge is 0.494 e. The van der Waals surface area contributed by atoms with Crippen LogP contribution in [-0.4, -0.2) is 56.6 Å². The molecule has 0 aromatic carbocycles. The molecule has 0 aliphatic carbocycles. The van der Waals surface area contributed by atoms with E-state index in [9.17, 15) is 4.79 Å². The van der Waals surface area contributed by atoms with Crippen LogP contribution in [0.5, 0.6) is 11.6 Å². The molecule has 3 aromatic rings. The van der Waals surface area contributed by atoms with Gasteiger partial charge in [-0.15, -0.1) is 0 Å². The molecule has 4 rings (SSSR count). The van der Waals surface area contributed by atoms with Crippen LogP contribution < -0.4 is 14.8 Å². The van der Waals surface area contributed by atoms with Crippen LogP contribution in [-0.2, 0) is 0 Å². The lowest BCUT2D eigenvalue weighted by atomic mass is 10.0. The molecule has 1 aliphatic heterocycles. The maximum absolute atomic E-state index is 13.3. The molecule has 2 amide bonds. The zero-order valence-electron chi connectivity index (χ0n) is 21.2. The Balaban J connectivity index is 1.78. The van der Waals surface area contributed by atoms with E-state index in [4.69, 9.17) is 14.5 Å². The molecular weight excluding hydrogens is 444 g/mol. The van der Waals surface area contributed by atoms with Gasteiger partial charge in [-0.05, 0) is 45.6 Å². The van der Waals surface area contributed by atoms with Crippen molar-refractivity contribution in [3.8, 4) is 22.9 Å². The van der Waals surface area contributed by atoms with E-state index in [-0.39, 0.29) is 18.1 Å². The predicted molar refractivity (Wildman–Crippen MR) is 135 cm³/mol. The SMILES string of the molecule is CCCC1CCCCCOc2nc(cn3ccnc23)-c2cc(ncc2OC)[C@@H](C)N(CC)C(=O)N1.